The highest BCUT2D eigenvalue weighted by atomic mass is 16.2. The van der Waals surface area contributed by atoms with Crippen LogP contribution >= 0.6 is 0 Å². The second-order valence-corrected chi connectivity index (χ2v) is 7.31. The van der Waals surface area contributed by atoms with E-state index in [1.54, 1.807) is 7.05 Å². The molecule has 4 N–H and O–H groups in total. The standard InChI is InChI=1S/C18H36N6O2/c1-6-20-16(26)18(3,4)13-22-17(21-7-2)23-14-8-10-24(11-9-14)12-15(25)19-5/h14H,6-13H2,1-5H3,(H,19,25)(H,20,26)(H2,21,22,23). The van der Waals surface area contributed by atoms with Crippen molar-refractivity contribution in [2.75, 3.05) is 46.3 Å². The van der Waals surface area contributed by atoms with Gasteiger partial charge < -0.3 is 21.3 Å². The van der Waals surface area contributed by atoms with E-state index >= 15 is 0 Å². The first-order valence-corrected chi connectivity index (χ1v) is 9.58. The topological polar surface area (TPSA) is 97.9 Å². The predicted molar refractivity (Wildman–Crippen MR) is 105 cm³/mol. The number of hydrogen-bond acceptors (Lipinski definition) is 4. The van der Waals surface area contributed by atoms with Gasteiger partial charge in [-0.3, -0.25) is 19.5 Å². The molecule has 0 aromatic rings. The fourth-order valence-electron chi connectivity index (χ4n) is 2.78. The zero-order valence-corrected chi connectivity index (χ0v) is 16.9. The monoisotopic (exact) mass is 368 g/mol. The van der Waals surface area contributed by atoms with E-state index in [1.165, 1.54) is 0 Å². The number of likely N-dealkylation sites (tertiary alicyclic amines) is 1. The third-order valence-corrected chi connectivity index (χ3v) is 4.50. The van der Waals surface area contributed by atoms with Crippen LogP contribution in [0.2, 0.25) is 0 Å². The summed E-state index contributed by atoms with van der Waals surface area (Å²) in [6.45, 7) is 11.8. The van der Waals surface area contributed by atoms with Crippen LogP contribution in [0.5, 0.6) is 0 Å². The first kappa shape index (κ1) is 22.2. The molecule has 8 heteroatoms. The van der Waals surface area contributed by atoms with Gasteiger partial charge in [0, 0.05) is 39.3 Å². The molecule has 1 aliphatic rings. The lowest BCUT2D eigenvalue weighted by Gasteiger charge is -2.32. The molecule has 8 nitrogen and oxygen atoms in total. The van der Waals surface area contributed by atoms with Crippen molar-refractivity contribution in [1.82, 2.24) is 26.2 Å². The van der Waals surface area contributed by atoms with Crippen molar-refractivity contribution >= 4 is 17.8 Å². The lowest BCUT2D eigenvalue weighted by Crippen LogP contribution is -2.50. The molecule has 1 rings (SSSR count). The Morgan fingerprint density at radius 2 is 1.73 bits per heavy atom. The van der Waals surface area contributed by atoms with Crippen molar-refractivity contribution in [1.29, 1.82) is 0 Å². The Labute approximate surface area is 157 Å². The minimum atomic E-state index is -0.546. The molecule has 0 aliphatic carbocycles. The Hall–Kier alpha value is -1.83. The highest BCUT2D eigenvalue weighted by Gasteiger charge is 2.27. The van der Waals surface area contributed by atoms with Gasteiger partial charge in [-0.1, -0.05) is 0 Å². The molecule has 1 heterocycles. The number of carbonyl (C=O) groups is 2. The number of rotatable bonds is 8. The highest BCUT2D eigenvalue weighted by molar-refractivity contribution is 5.83. The predicted octanol–water partition coefficient (Wildman–Crippen LogP) is -0.0858. The normalized spacial score (nSPS) is 16.9. The molecule has 0 radical (unpaired) electrons. The average molecular weight is 369 g/mol. The van der Waals surface area contributed by atoms with E-state index in [2.05, 4.69) is 31.2 Å². The van der Waals surface area contributed by atoms with Crippen molar-refractivity contribution in [2.45, 2.75) is 46.6 Å². The Morgan fingerprint density at radius 3 is 2.27 bits per heavy atom. The van der Waals surface area contributed by atoms with E-state index in [4.69, 9.17) is 0 Å². The van der Waals surface area contributed by atoms with Crippen LogP contribution in [0.4, 0.5) is 0 Å². The number of likely N-dealkylation sites (N-methyl/N-ethyl adjacent to an activating group) is 1. The van der Waals surface area contributed by atoms with Gasteiger partial charge in [-0.2, -0.15) is 0 Å². The molecule has 0 atom stereocenters. The Morgan fingerprint density at radius 1 is 1.12 bits per heavy atom. The molecule has 0 aromatic heterocycles. The van der Waals surface area contributed by atoms with Gasteiger partial charge in [0.25, 0.3) is 0 Å². The number of aliphatic imine (C=N–C) groups is 1. The van der Waals surface area contributed by atoms with Gasteiger partial charge in [0.1, 0.15) is 0 Å². The van der Waals surface area contributed by atoms with Gasteiger partial charge in [-0.15, -0.1) is 0 Å². The van der Waals surface area contributed by atoms with E-state index < -0.39 is 5.41 Å². The number of carbonyl (C=O) groups excluding carboxylic acids is 2. The molecule has 1 fully saturated rings. The number of guanidine groups is 1. The first-order valence-electron chi connectivity index (χ1n) is 9.58. The van der Waals surface area contributed by atoms with E-state index in [9.17, 15) is 9.59 Å². The maximum absolute atomic E-state index is 12.1. The Bertz CT molecular complexity index is 484. The molecule has 1 aliphatic heterocycles. The molecule has 150 valence electrons. The van der Waals surface area contributed by atoms with Gasteiger partial charge in [0.2, 0.25) is 11.8 Å². The van der Waals surface area contributed by atoms with Crippen LogP contribution in [0, 0.1) is 5.41 Å². The summed E-state index contributed by atoms with van der Waals surface area (Å²) in [5.41, 5.74) is -0.546. The zero-order valence-electron chi connectivity index (χ0n) is 16.9. The summed E-state index contributed by atoms with van der Waals surface area (Å²) in [4.78, 5) is 30.4. The van der Waals surface area contributed by atoms with Crippen molar-refractivity contribution in [3.63, 3.8) is 0 Å². The van der Waals surface area contributed by atoms with Gasteiger partial charge in [0.05, 0.1) is 18.5 Å². The first-order chi connectivity index (χ1) is 12.3. The second-order valence-electron chi connectivity index (χ2n) is 7.31. The minimum absolute atomic E-state index is 0.0158. The van der Waals surface area contributed by atoms with E-state index in [0.29, 0.717) is 25.7 Å². The molecule has 0 aromatic carbocycles. The number of nitrogens with one attached hydrogen (secondary N) is 4. The quantitative estimate of drug-likeness (QED) is 0.355. The van der Waals surface area contributed by atoms with Gasteiger partial charge >= 0.3 is 0 Å². The maximum Gasteiger partial charge on any atom is 0.233 e. The average Bonchev–Trinajstić information content (AvgIpc) is 2.61. The van der Waals surface area contributed by atoms with Crippen LogP contribution in [0.1, 0.15) is 40.5 Å². The summed E-state index contributed by atoms with van der Waals surface area (Å²) in [6, 6.07) is 0.321. The van der Waals surface area contributed by atoms with Crippen LogP contribution in [-0.4, -0.2) is 75.0 Å². The van der Waals surface area contributed by atoms with E-state index in [1.807, 2.05) is 27.7 Å². The van der Waals surface area contributed by atoms with Crippen LogP contribution < -0.4 is 21.3 Å². The summed E-state index contributed by atoms with van der Waals surface area (Å²) in [5, 5.41) is 12.2. The summed E-state index contributed by atoms with van der Waals surface area (Å²) in [5.74, 6) is 0.815. The number of piperidine rings is 1. The minimum Gasteiger partial charge on any atom is -0.358 e. The largest absolute Gasteiger partial charge is 0.358 e. The molecule has 0 saturated carbocycles. The number of amides is 2. The summed E-state index contributed by atoms with van der Waals surface area (Å²) in [6.07, 6.45) is 1.92. The van der Waals surface area contributed by atoms with Crippen molar-refractivity contribution in [2.24, 2.45) is 10.4 Å². The SMILES string of the molecule is CCNC(=O)C(C)(C)CN=C(NCC)NC1CCN(CC(=O)NC)CC1. The van der Waals surface area contributed by atoms with Crippen LogP contribution in [0.25, 0.3) is 0 Å². The number of hydrogen-bond donors (Lipinski definition) is 4. The smallest absolute Gasteiger partial charge is 0.233 e. The lowest BCUT2D eigenvalue weighted by atomic mass is 9.92. The maximum atomic E-state index is 12.1. The molecule has 0 spiro atoms. The molecule has 1 saturated heterocycles. The van der Waals surface area contributed by atoms with E-state index in [-0.39, 0.29) is 11.8 Å². The van der Waals surface area contributed by atoms with Crippen LogP contribution in [-0.2, 0) is 9.59 Å². The molecular formula is C18H36N6O2. The van der Waals surface area contributed by atoms with Crippen LogP contribution in [0.3, 0.4) is 0 Å². The molecule has 0 unspecified atom stereocenters. The third-order valence-electron chi connectivity index (χ3n) is 4.50. The number of nitrogens with zero attached hydrogens (tertiary/aromatic N) is 2. The fraction of sp³-hybridized carbons (Fsp3) is 0.833. The summed E-state index contributed by atoms with van der Waals surface area (Å²) >= 11 is 0. The molecular weight excluding hydrogens is 332 g/mol. The lowest BCUT2D eigenvalue weighted by molar-refractivity contribution is -0.128. The zero-order chi connectivity index (χ0) is 19.6. The second kappa shape index (κ2) is 11.0. The summed E-state index contributed by atoms with van der Waals surface area (Å²) < 4.78 is 0. The van der Waals surface area contributed by atoms with Gasteiger partial charge in [-0.05, 0) is 40.5 Å². The van der Waals surface area contributed by atoms with Crippen molar-refractivity contribution < 1.29 is 9.59 Å². The molecule has 26 heavy (non-hydrogen) atoms. The van der Waals surface area contributed by atoms with Crippen LogP contribution in [0.15, 0.2) is 4.99 Å². The fourth-order valence-corrected chi connectivity index (χ4v) is 2.78. The third kappa shape index (κ3) is 7.59. The Kier molecular flexibility index (Phi) is 9.40. The van der Waals surface area contributed by atoms with Gasteiger partial charge in [-0.25, -0.2) is 0 Å². The van der Waals surface area contributed by atoms with Crippen molar-refractivity contribution in [3.05, 3.63) is 0 Å². The van der Waals surface area contributed by atoms with E-state index in [0.717, 1.165) is 38.4 Å². The Balaban J connectivity index is 2.55. The highest BCUT2D eigenvalue weighted by Crippen LogP contribution is 2.16. The van der Waals surface area contributed by atoms with Crippen molar-refractivity contribution in [3.8, 4) is 0 Å². The molecule has 0 bridgehead atoms. The molecule has 2 amide bonds. The summed E-state index contributed by atoms with van der Waals surface area (Å²) in [7, 11) is 1.66. The van der Waals surface area contributed by atoms with Gasteiger partial charge in [0.15, 0.2) is 5.96 Å².